The maximum absolute atomic E-state index is 6.24. The molecule has 5 heteroatoms. The number of hydrogen-bond acceptors (Lipinski definition) is 2. The monoisotopic (exact) mass is 313 g/mol. The molecule has 0 amide bonds. The van der Waals surface area contributed by atoms with Gasteiger partial charge >= 0.3 is 0 Å². The SMILES string of the molecule is CCn1nccc1C(N)c1cc(Br)ccc1Cl. The van der Waals surface area contributed by atoms with Gasteiger partial charge in [-0.1, -0.05) is 27.5 Å². The highest BCUT2D eigenvalue weighted by Crippen LogP contribution is 2.29. The fraction of sp³-hybridized carbons (Fsp3) is 0.250. The van der Waals surface area contributed by atoms with Gasteiger partial charge in [-0.3, -0.25) is 4.68 Å². The first kappa shape index (κ1) is 12.6. The number of halogens is 2. The van der Waals surface area contributed by atoms with E-state index in [-0.39, 0.29) is 6.04 Å². The van der Waals surface area contributed by atoms with Gasteiger partial charge in [0.05, 0.1) is 11.7 Å². The van der Waals surface area contributed by atoms with Crippen molar-refractivity contribution in [1.29, 1.82) is 0 Å². The van der Waals surface area contributed by atoms with Gasteiger partial charge in [-0.2, -0.15) is 5.10 Å². The Balaban J connectivity index is 2.43. The Bertz CT molecular complexity index is 524. The molecule has 0 saturated carbocycles. The molecular weight excluding hydrogens is 302 g/mol. The third-order valence-corrected chi connectivity index (χ3v) is 3.50. The molecule has 2 aromatic rings. The van der Waals surface area contributed by atoms with Crippen molar-refractivity contribution in [2.75, 3.05) is 0 Å². The average molecular weight is 315 g/mol. The highest BCUT2D eigenvalue weighted by atomic mass is 79.9. The van der Waals surface area contributed by atoms with Gasteiger partial charge in [-0.15, -0.1) is 0 Å². The zero-order valence-electron chi connectivity index (χ0n) is 9.40. The summed E-state index contributed by atoms with van der Waals surface area (Å²) in [7, 11) is 0. The molecule has 17 heavy (non-hydrogen) atoms. The Morgan fingerprint density at radius 1 is 1.47 bits per heavy atom. The zero-order valence-corrected chi connectivity index (χ0v) is 11.7. The van der Waals surface area contributed by atoms with Crippen molar-refractivity contribution in [3.8, 4) is 0 Å². The first-order valence-corrected chi connectivity index (χ1v) is 6.52. The summed E-state index contributed by atoms with van der Waals surface area (Å²) in [6.07, 6.45) is 1.75. The third-order valence-electron chi connectivity index (χ3n) is 2.66. The van der Waals surface area contributed by atoms with Crippen molar-refractivity contribution in [3.63, 3.8) is 0 Å². The van der Waals surface area contributed by atoms with Gasteiger partial charge in [0.2, 0.25) is 0 Å². The van der Waals surface area contributed by atoms with Crippen LogP contribution in [0.15, 0.2) is 34.9 Å². The number of aromatic nitrogens is 2. The molecule has 0 spiro atoms. The lowest BCUT2D eigenvalue weighted by Gasteiger charge is -2.15. The lowest BCUT2D eigenvalue weighted by atomic mass is 10.0. The van der Waals surface area contributed by atoms with Gasteiger partial charge in [0.1, 0.15) is 0 Å². The number of rotatable bonds is 3. The predicted octanol–water partition coefficient (Wildman–Crippen LogP) is 3.37. The molecule has 0 aliphatic heterocycles. The summed E-state index contributed by atoms with van der Waals surface area (Å²) < 4.78 is 2.84. The molecule has 2 N–H and O–H groups in total. The molecule has 0 radical (unpaired) electrons. The number of hydrogen-bond donors (Lipinski definition) is 1. The molecule has 0 saturated heterocycles. The maximum Gasteiger partial charge on any atom is 0.0738 e. The van der Waals surface area contributed by atoms with Crippen LogP contribution < -0.4 is 5.73 Å². The van der Waals surface area contributed by atoms with Crippen LogP contribution in [0.2, 0.25) is 5.02 Å². The van der Waals surface area contributed by atoms with Crippen LogP contribution >= 0.6 is 27.5 Å². The van der Waals surface area contributed by atoms with Gasteiger partial charge < -0.3 is 5.73 Å². The Hall–Kier alpha value is -0.840. The van der Waals surface area contributed by atoms with Crippen LogP contribution in [0.5, 0.6) is 0 Å². The van der Waals surface area contributed by atoms with Crippen LogP contribution in [0.25, 0.3) is 0 Å². The van der Waals surface area contributed by atoms with Gasteiger partial charge in [0, 0.05) is 22.2 Å². The highest BCUT2D eigenvalue weighted by Gasteiger charge is 2.16. The Labute approximate surface area is 114 Å². The Morgan fingerprint density at radius 3 is 2.94 bits per heavy atom. The summed E-state index contributed by atoms with van der Waals surface area (Å²) >= 11 is 9.60. The van der Waals surface area contributed by atoms with E-state index >= 15 is 0 Å². The molecule has 2 rings (SSSR count). The highest BCUT2D eigenvalue weighted by molar-refractivity contribution is 9.10. The van der Waals surface area contributed by atoms with E-state index in [2.05, 4.69) is 21.0 Å². The second-order valence-corrected chi connectivity index (χ2v) is 5.04. The maximum atomic E-state index is 6.24. The standard InChI is InChI=1S/C12H13BrClN3/c1-2-17-11(5-6-16-17)12(15)9-7-8(13)3-4-10(9)14/h3-7,12H,2,15H2,1H3. The van der Waals surface area contributed by atoms with E-state index in [9.17, 15) is 0 Å². The quantitative estimate of drug-likeness (QED) is 0.944. The molecule has 1 heterocycles. The van der Waals surface area contributed by atoms with Crippen molar-refractivity contribution in [2.24, 2.45) is 5.73 Å². The van der Waals surface area contributed by atoms with Gasteiger partial charge in [0.25, 0.3) is 0 Å². The zero-order chi connectivity index (χ0) is 12.4. The van der Waals surface area contributed by atoms with Crippen molar-refractivity contribution >= 4 is 27.5 Å². The Kier molecular flexibility index (Phi) is 3.86. The van der Waals surface area contributed by atoms with Crippen LogP contribution in [-0.2, 0) is 6.54 Å². The molecule has 0 aliphatic carbocycles. The second kappa shape index (κ2) is 5.21. The Morgan fingerprint density at radius 2 is 2.24 bits per heavy atom. The molecule has 90 valence electrons. The average Bonchev–Trinajstić information content (AvgIpc) is 2.79. The van der Waals surface area contributed by atoms with E-state index < -0.39 is 0 Å². The summed E-state index contributed by atoms with van der Waals surface area (Å²) in [6.45, 7) is 2.83. The molecule has 3 nitrogen and oxygen atoms in total. The van der Waals surface area contributed by atoms with Crippen molar-refractivity contribution in [2.45, 2.75) is 19.5 Å². The molecule has 1 aromatic carbocycles. The van der Waals surface area contributed by atoms with E-state index in [1.807, 2.05) is 35.9 Å². The number of benzene rings is 1. The summed E-state index contributed by atoms with van der Waals surface area (Å²) in [6, 6.07) is 7.34. The minimum Gasteiger partial charge on any atom is -0.319 e. The molecule has 1 atom stereocenters. The minimum atomic E-state index is -0.262. The minimum absolute atomic E-state index is 0.262. The molecule has 1 unspecified atom stereocenters. The largest absolute Gasteiger partial charge is 0.319 e. The molecular formula is C12H13BrClN3. The van der Waals surface area contributed by atoms with E-state index in [0.29, 0.717) is 5.02 Å². The predicted molar refractivity (Wildman–Crippen MR) is 73.1 cm³/mol. The van der Waals surface area contributed by atoms with Gasteiger partial charge in [0.15, 0.2) is 0 Å². The summed E-state index contributed by atoms with van der Waals surface area (Å²) in [5.74, 6) is 0. The first-order chi connectivity index (χ1) is 8.13. The summed E-state index contributed by atoms with van der Waals surface area (Å²) in [4.78, 5) is 0. The van der Waals surface area contributed by atoms with Gasteiger partial charge in [-0.25, -0.2) is 0 Å². The number of nitrogens with two attached hydrogens (primary N) is 1. The fourth-order valence-electron chi connectivity index (χ4n) is 1.78. The van der Waals surface area contributed by atoms with E-state index in [1.54, 1.807) is 6.20 Å². The van der Waals surface area contributed by atoms with Crippen LogP contribution in [0.3, 0.4) is 0 Å². The second-order valence-electron chi connectivity index (χ2n) is 3.72. The summed E-state index contributed by atoms with van der Waals surface area (Å²) in [5, 5.41) is 4.89. The van der Waals surface area contributed by atoms with E-state index in [0.717, 1.165) is 22.3 Å². The number of nitrogens with zero attached hydrogens (tertiary/aromatic N) is 2. The van der Waals surface area contributed by atoms with Crippen LogP contribution in [0.1, 0.15) is 24.2 Å². The van der Waals surface area contributed by atoms with Crippen LogP contribution in [-0.4, -0.2) is 9.78 Å². The van der Waals surface area contributed by atoms with Crippen LogP contribution in [0, 0.1) is 0 Å². The molecule has 0 bridgehead atoms. The lowest BCUT2D eigenvalue weighted by molar-refractivity contribution is 0.601. The molecule has 0 aliphatic rings. The fourth-order valence-corrected chi connectivity index (χ4v) is 2.40. The topological polar surface area (TPSA) is 43.8 Å². The number of aryl methyl sites for hydroxylation is 1. The lowest BCUT2D eigenvalue weighted by Crippen LogP contribution is -2.17. The van der Waals surface area contributed by atoms with Crippen molar-refractivity contribution in [3.05, 3.63) is 51.2 Å². The first-order valence-electron chi connectivity index (χ1n) is 5.35. The van der Waals surface area contributed by atoms with Gasteiger partial charge in [-0.05, 0) is 36.8 Å². The summed E-state index contributed by atoms with van der Waals surface area (Å²) in [5.41, 5.74) is 8.11. The van der Waals surface area contributed by atoms with Crippen molar-refractivity contribution in [1.82, 2.24) is 9.78 Å². The van der Waals surface area contributed by atoms with Crippen molar-refractivity contribution < 1.29 is 0 Å². The molecule has 1 aromatic heterocycles. The molecule has 0 fully saturated rings. The van der Waals surface area contributed by atoms with E-state index in [1.165, 1.54) is 0 Å². The smallest absolute Gasteiger partial charge is 0.0738 e. The van der Waals surface area contributed by atoms with E-state index in [4.69, 9.17) is 17.3 Å². The third kappa shape index (κ3) is 2.54. The normalized spacial score (nSPS) is 12.7. The van der Waals surface area contributed by atoms with Crippen LogP contribution in [0.4, 0.5) is 0 Å².